The number of nitrogen functional groups attached to an aromatic ring is 1. The molecule has 1 heterocycles. The highest BCUT2D eigenvalue weighted by Crippen LogP contribution is 2.21. The number of nitrogens with two attached hydrogens (primary N) is 1. The van der Waals surface area contributed by atoms with Crippen molar-refractivity contribution in [3.05, 3.63) is 29.3 Å². The summed E-state index contributed by atoms with van der Waals surface area (Å²) < 4.78 is 26.7. The fourth-order valence-corrected chi connectivity index (χ4v) is 2.24. The van der Waals surface area contributed by atoms with Crippen LogP contribution in [0.4, 0.5) is 14.5 Å². The van der Waals surface area contributed by atoms with Crippen LogP contribution < -0.4 is 5.73 Å². The molecule has 0 radical (unpaired) electrons. The highest BCUT2D eigenvalue weighted by atomic mass is 19.1. The lowest BCUT2D eigenvalue weighted by atomic mass is 10.1. The molecule has 4 nitrogen and oxygen atoms in total. The topological polar surface area (TPSA) is 49.6 Å². The smallest absolute Gasteiger partial charge is 0.254 e. The average Bonchev–Trinajstić information content (AvgIpc) is 2.84. The number of likely N-dealkylation sites (N-methyl/N-ethyl adjacent to an activating group) is 1. The minimum Gasteiger partial charge on any atom is -0.394 e. The Bertz CT molecular complexity index is 482. The SMILES string of the molecule is CN(C)C1CCN(C(=O)c2cc(F)c(N)c(F)c2)C1. The second kappa shape index (κ2) is 5.13. The largest absolute Gasteiger partial charge is 0.394 e. The van der Waals surface area contributed by atoms with Crippen LogP contribution in [0.5, 0.6) is 0 Å². The molecule has 0 saturated carbocycles. The molecule has 1 amide bonds. The number of anilines is 1. The standard InChI is InChI=1S/C13H17F2N3O/c1-17(2)9-3-4-18(7-9)13(19)8-5-10(14)12(16)11(15)6-8/h5-6,9H,3-4,7,16H2,1-2H3. The zero-order valence-corrected chi connectivity index (χ0v) is 11.0. The van der Waals surface area contributed by atoms with Crippen molar-refractivity contribution < 1.29 is 13.6 Å². The summed E-state index contributed by atoms with van der Waals surface area (Å²) in [4.78, 5) is 15.8. The number of benzene rings is 1. The number of hydrogen-bond acceptors (Lipinski definition) is 3. The van der Waals surface area contributed by atoms with Gasteiger partial charge in [-0.25, -0.2) is 8.78 Å². The zero-order valence-electron chi connectivity index (χ0n) is 11.0. The Hall–Kier alpha value is -1.69. The fourth-order valence-electron chi connectivity index (χ4n) is 2.24. The van der Waals surface area contributed by atoms with E-state index in [0.29, 0.717) is 13.1 Å². The van der Waals surface area contributed by atoms with Crippen LogP contribution in [0.25, 0.3) is 0 Å². The highest BCUT2D eigenvalue weighted by Gasteiger charge is 2.28. The Labute approximate surface area is 110 Å². The first-order valence-corrected chi connectivity index (χ1v) is 6.10. The number of carbonyl (C=O) groups is 1. The highest BCUT2D eigenvalue weighted by molar-refractivity contribution is 5.94. The molecule has 0 spiro atoms. The van der Waals surface area contributed by atoms with E-state index in [-0.39, 0.29) is 17.5 Å². The summed E-state index contributed by atoms with van der Waals surface area (Å²) in [6, 6.07) is 2.26. The van der Waals surface area contributed by atoms with Crippen molar-refractivity contribution in [2.75, 3.05) is 32.9 Å². The molecule has 1 aliphatic heterocycles. The van der Waals surface area contributed by atoms with Crippen molar-refractivity contribution >= 4 is 11.6 Å². The second-order valence-corrected chi connectivity index (χ2v) is 5.01. The molecule has 1 aliphatic rings. The Morgan fingerprint density at radius 1 is 1.37 bits per heavy atom. The summed E-state index contributed by atoms with van der Waals surface area (Å²) in [6.07, 6.45) is 0.860. The Morgan fingerprint density at radius 2 is 1.95 bits per heavy atom. The maximum Gasteiger partial charge on any atom is 0.254 e. The molecule has 0 aliphatic carbocycles. The van der Waals surface area contributed by atoms with Crippen LogP contribution in [-0.2, 0) is 0 Å². The van der Waals surface area contributed by atoms with Crippen molar-refractivity contribution in [3.8, 4) is 0 Å². The third-order valence-corrected chi connectivity index (χ3v) is 3.51. The van der Waals surface area contributed by atoms with Gasteiger partial charge in [-0.3, -0.25) is 4.79 Å². The number of rotatable bonds is 2. The van der Waals surface area contributed by atoms with Gasteiger partial charge < -0.3 is 15.5 Å². The van der Waals surface area contributed by atoms with Crippen molar-refractivity contribution in [1.29, 1.82) is 0 Å². The van der Waals surface area contributed by atoms with Crippen LogP contribution in [-0.4, -0.2) is 48.9 Å². The predicted octanol–water partition coefficient (Wildman–Crippen LogP) is 1.32. The summed E-state index contributed by atoms with van der Waals surface area (Å²) in [7, 11) is 3.89. The molecule has 1 unspecified atom stereocenters. The molecule has 2 N–H and O–H groups in total. The van der Waals surface area contributed by atoms with E-state index in [1.807, 2.05) is 19.0 Å². The maximum atomic E-state index is 13.3. The fraction of sp³-hybridized carbons (Fsp3) is 0.462. The van der Waals surface area contributed by atoms with E-state index in [4.69, 9.17) is 5.73 Å². The molecule has 104 valence electrons. The number of amides is 1. The molecular formula is C13H17F2N3O. The molecule has 0 bridgehead atoms. The second-order valence-electron chi connectivity index (χ2n) is 5.01. The minimum atomic E-state index is -0.897. The van der Waals surface area contributed by atoms with Gasteiger partial charge in [0.05, 0.1) is 0 Å². The molecule has 0 aromatic heterocycles. The van der Waals surface area contributed by atoms with Gasteiger partial charge in [0.1, 0.15) is 17.3 Å². The summed E-state index contributed by atoms with van der Waals surface area (Å²) in [5.74, 6) is -2.15. The van der Waals surface area contributed by atoms with E-state index in [0.717, 1.165) is 18.6 Å². The van der Waals surface area contributed by atoms with Gasteiger partial charge in [-0.1, -0.05) is 0 Å². The summed E-state index contributed by atoms with van der Waals surface area (Å²) in [5.41, 5.74) is 4.64. The average molecular weight is 269 g/mol. The van der Waals surface area contributed by atoms with Crippen molar-refractivity contribution in [2.24, 2.45) is 0 Å². The lowest BCUT2D eigenvalue weighted by Crippen LogP contribution is -2.34. The number of carbonyl (C=O) groups excluding carboxylic acids is 1. The Kier molecular flexibility index (Phi) is 3.71. The predicted molar refractivity (Wildman–Crippen MR) is 68.8 cm³/mol. The summed E-state index contributed by atoms with van der Waals surface area (Å²) >= 11 is 0. The molecule has 6 heteroatoms. The van der Waals surface area contributed by atoms with Crippen molar-refractivity contribution in [1.82, 2.24) is 9.80 Å². The molecule has 1 saturated heterocycles. The molecule has 1 aromatic carbocycles. The molecule has 2 rings (SSSR count). The number of nitrogens with zero attached hydrogens (tertiary/aromatic N) is 2. The Balaban J connectivity index is 2.17. The number of halogens is 2. The van der Waals surface area contributed by atoms with Gasteiger partial charge in [0.2, 0.25) is 0 Å². The van der Waals surface area contributed by atoms with Crippen LogP contribution in [0.2, 0.25) is 0 Å². The lowest BCUT2D eigenvalue weighted by molar-refractivity contribution is 0.0782. The molecule has 1 fully saturated rings. The van der Waals surface area contributed by atoms with E-state index in [9.17, 15) is 13.6 Å². The van der Waals surface area contributed by atoms with E-state index in [1.54, 1.807) is 4.90 Å². The minimum absolute atomic E-state index is 0.00334. The van der Waals surface area contributed by atoms with E-state index >= 15 is 0 Å². The van der Waals surface area contributed by atoms with E-state index in [1.165, 1.54) is 0 Å². The van der Waals surface area contributed by atoms with Gasteiger partial charge in [-0.05, 0) is 32.6 Å². The van der Waals surface area contributed by atoms with Gasteiger partial charge >= 0.3 is 0 Å². The first-order chi connectivity index (χ1) is 8.90. The first kappa shape index (κ1) is 13.7. The number of likely N-dealkylation sites (tertiary alicyclic amines) is 1. The third kappa shape index (κ3) is 2.68. The van der Waals surface area contributed by atoms with Crippen LogP contribution in [0.3, 0.4) is 0 Å². The van der Waals surface area contributed by atoms with Crippen molar-refractivity contribution in [3.63, 3.8) is 0 Å². The summed E-state index contributed by atoms with van der Waals surface area (Å²) in [6.45, 7) is 1.16. The van der Waals surface area contributed by atoms with Crippen molar-refractivity contribution in [2.45, 2.75) is 12.5 Å². The normalized spacial score (nSPS) is 19.2. The van der Waals surface area contributed by atoms with Gasteiger partial charge in [-0.15, -0.1) is 0 Å². The maximum absolute atomic E-state index is 13.3. The zero-order chi connectivity index (χ0) is 14.2. The van der Waals surface area contributed by atoms with Crippen LogP contribution >= 0.6 is 0 Å². The van der Waals surface area contributed by atoms with E-state index in [2.05, 4.69) is 0 Å². The number of hydrogen-bond donors (Lipinski definition) is 1. The van der Waals surface area contributed by atoms with Crippen LogP contribution in [0, 0.1) is 11.6 Å². The third-order valence-electron chi connectivity index (χ3n) is 3.51. The van der Waals surface area contributed by atoms with Gasteiger partial charge in [0, 0.05) is 24.7 Å². The Morgan fingerprint density at radius 3 is 2.42 bits per heavy atom. The van der Waals surface area contributed by atoms with Gasteiger partial charge in [0.15, 0.2) is 0 Å². The van der Waals surface area contributed by atoms with Crippen LogP contribution in [0.1, 0.15) is 16.8 Å². The van der Waals surface area contributed by atoms with E-state index < -0.39 is 17.3 Å². The lowest BCUT2D eigenvalue weighted by Gasteiger charge is -2.20. The first-order valence-electron chi connectivity index (χ1n) is 6.10. The molecule has 1 atom stereocenters. The summed E-state index contributed by atoms with van der Waals surface area (Å²) in [5, 5.41) is 0. The van der Waals surface area contributed by atoms with Gasteiger partial charge in [0.25, 0.3) is 5.91 Å². The molecular weight excluding hydrogens is 252 g/mol. The molecule has 1 aromatic rings. The van der Waals surface area contributed by atoms with Gasteiger partial charge in [-0.2, -0.15) is 0 Å². The molecule has 19 heavy (non-hydrogen) atoms. The quantitative estimate of drug-likeness (QED) is 0.824. The monoisotopic (exact) mass is 269 g/mol. The van der Waals surface area contributed by atoms with Crippen LogP contribution in [0.15, 0.2) is 12.1 Å².